The van der Waals surface area contributed by atoms with Crippen LogP contribution in [-0.4, -0.2) is 41.6 Å². The molecule has 1 unspecified atom stereocenters. The van der Waals surface area contributed by atoms with Crippen LogP contribution in [0.15, 0.2) is 36.9 Å². The standard InChI is InChI=1S/C18H20N2O6/c1-3-10-25-18(24)19-14(11-13-6-4-12(2)5-7-13)17(23)26-20-15(21)8-9-16(20)22/h3-7,14H,1,8-11H2,2H3,(H,19,24). The maximum atomic E-state index is 12.4. The van der Waals surface area contributed by atoms with E-state index < -0.39 is 29.9 Å². The number of ether oxygens (including phenoxy) is 1. The van der Waals surface area contributed by atoms with Crippen molar-refractivity contribution >= 4 is 23.9 Å². The van der Waals surface area contributed by atoms with Gasteiger partial charge in [0.1, 0.15) is 12.6 Å². The zero-order valence-corrected chi connectivity index (χ0v) is 14.4. The van der Waals surface area contributed by atoms with E-state index in [2.05, 4.69) is 11.9 Å². The van der Waals surface area contributed by atoms with Crippen LogP contribution in [0.2, 0.25) is 0 Å². The molecule has 1 aliphatic rings. The lowest BCUT2D eigenvalue weighted by atomic mass is 10.0. The molecule has 1 aromatic carbocycles. The predicted molar refractivity (Wildman–Crippen MR) is 90.5 cm³/mol. The smallest absolute Gasteiger partial charge is 0.408 e. The van der Waals surface area contributed by atoms with Gasteiger partial charge in [-0.05, 0) is 12.5 Å². The Morgan fingerprint density at radius 1 is 1.23 bits per heavy atom. The van der Waals surface area contributed by atoms with E-state index in [1.165, 1.54) is 6.08 Å². The van der Waals surface area contributed by atoms with E-state index in [0.717, 1.165) is 11.1 Å². The Labute approximate surface area is 150 Å². The Morgan fingerprint density at radius 2 is 1.85 bits per heavy atom. The fourth-order valence-electron chi connectivity index (χ4n) is 2.28. The maximum absolute atomic E-state index is 12.4. The number of carbonyl (C=O) groups is 4. The fourth-order valence-corrected chi connectivity index (χ4v) is 2.28. The van der Waals surface area contributed by atoms with Crippen LogP contribution in [0.5, 0.6) is 0 Å². The number of hydrogen-bond donors (Lipinski definition) is 1. The highest BCUT2D eigenvalue weighted by atomic mass is 16.7. The molecule has 1 aliphatic heterocycles. The molecule has 0 bridgehead atoms. The van der Waals surface area contributed by atoms with Gasteiger partial charge in [0, 0.05) is 19.3 Å². The summed E-state index contributed by atoms with van der Waals surface area (Å²) >= 11 is 0. The van der Waals surface area contributed by atoms with Gasteiger partial charge in [0.2, 0.25) is 0 Å². The normalized spacial score (nSPS) is 14.7. The van der Waals surface area contributed by atoms with Crippen molar-refractivity contribution in [1.29, 1.82) is 0 Å². The number of hydrogen-bond acceptors (Lipinski definition) is 6. The third-order valence-corrected chi connectivity index (χ3v) is 3.66. The quantitative estimate of drug-likeness (QED) is 0.583. The van der Waals surface area contributed by atoms with Gasteiger partial charge in [0.15, 0.2) is 0 Å². The first-order chi connectivity index (χ1) is 12.4. The Kier molecular flexibility index (Phi) is 6.48. The summed E-state index contributed by atoms with van der Waals surface area (Å²) in [6.07, 6.45) is 0.637. The van der Waals surface area contributed by atoms with E-state index >= 15 is 0 Å². The molecule has 1 fully saturated rings. The third-order valence-electron chi connectivity index (χ3n) is 3.66. The molecule has 3 amide bonds. The lowest BCUT2D eigenvalue weighted by Gasteiger charge is -2.20. The van der Waals surface area contributed by atoms with Gasteiger partial charge in [0.25, 0.3) is 11.8 Å². The molecule has 26 heavy (non-hydrogen) atoms. The van der Waals surface area contributed by atoms with Gasteiger partial charge >= 0.3 is 12.1 Å². The summed E-state index contributed by atoms with van der Waals surface area (Å²) in [5, 5.41) is 2.83. The molecule has 1 atom stereocenters. The Hall–Kier alpha value is -3.16. The van der Waals surface area contributed by atoms with Crippen LogP contribution in [0.4, 0.5) is 4.79 Å². The summed E-state index contributed by atoms with van der Waals surface area (Å²) in [5.74, 6) is -2.11. The Balaban J connectivity index is 2.09. The van der Waals surface area contributed by atoms with Crippen LogP contribution in [0.25, 0.3) is 0 Å². The first-order valence-electron chi connectivity index (χ1n) is 8.08. The molecule has 1 heterocycles. The molecule has 0 aliphatic carbocycles. The average Bonchev–Trinajstić information content (AvgIpc) is 2.93. The number of nitrogens with zero attached hydrogens (tertiary/aromatic N) is 1. The molecule has 8 nitrogen and oxygen atoms in total. The molecule has 138 valence electrons. The second-order valence-corrected chi connectivity index (χ2v) is 5.77. The molecule has 0 spiro atoms. The minimum absolute atomic E-state index is 0.0104. The van der Waals surface area contributed by atoms with Crippen LogP contribution in [-0.2, 0) is 30.4 Å². The monoisotopic (exact) mass is 360 g/mol. The molecule has 0 aromatic heterocycles. The van der Waals surface area contributed by atoms with E-state index in [9.17, 15) is 19.2 Å². The van der Waals surface area contributed by atoms with Crippen LogP contribution in [0.1, 0.15) is 24.0 Å². The predicted octanol–water partition coefficient (Wildman–Crippen LogP) is 1.43. The largest absolute Gasteiger partial charge is 0.445 e. The SMILES string of the molecule is C=CCOC(=O)NC(Cc1ccc(C)cc1)C(=O)ON1C(=O)CCC1=O. The number of carbonyl (C=O) groups excluding carboxylic acids is 4. The number of aryl methyl sites for hydroxylation is 1. The summed E-state index contributed by atoms with van der Waals surface area (Å²) in [4.78, 5) is 52.3. The van der Waals surface area contributed by atoms with Crippen molar-refractivity contribution in [3.05, 3.63) is 48.0 Å². The Bertz CT molecular complexity index is 697. The van der Waals surface area contributed by atoms with E-state index in [0.29, 0.717) is 5.06 Å². The van der Waals surface area contributed by atoms with Crippen LogP contribution in [0, 0.1) is 6.92 Å². The molecular formula is C18H20N2O6. The Morgan fingerprint density at radius 3 is 2.42 bits per heavy atom. The lowest BCUT2D eigenvalue weighted by Crippen LogP contribution is -2.46. The number of alkyl carbamates (subject to hydrolysis) is 1. The zero-order valence-electron chi connectivity index (χ0n) is 14.4. The first-order valence-corrected chi connectivity index (χ1v) is 8.08. The number of rotatable bonds is 7. The minimum Gasteiger partial charge on any atom is -0.445 e. The topological polar surface area (TPSA) is 102 Å². The number of benzene rings is 1. The molecule has 0 radical (unpaired) electrons. The van der Waals surface area contributed by atoms with Gasteiger partial charge in [-0.25, -0.2) is 9.59 Å². The number of hydroxylamine groups is 2. The fraction of sp³-hybridized carbons (Fsp3) is 0.333. The molecule has 1 N–H and O–H groups in total. The maximum Gasteiger partial charge on any atom is 0.408 e. The summed E-state index contributed by atoms with van der Waals surface area (Å²) < 4.78 is 4.82. The number of imide groups is 1. The van der Waals surface area contributed by atoms with E-state index in [4.69, 9.17) is 9.57 Å². The second kappa shape index (κ2) is 8.80. The molecule has 2 rings (SSSR count). The molecule has 1 aromatic rings. The van der Waals surface area contributed by atoms with Gasteiger partial charge in [-0.3, -0.25) is 9.59 Å². The molecule has 8 heteroatoms. The van der Waals surface area contributed by atoms with Gasteiger partial charge in [-0.1, -0.05) is 42.5 Å². The second-order valence-electron chi connectivity index (χ2n) is 5.77. The highest BCUT2D eigenvalue weighted by molar-refractivity contribution is 6.01. The number of nitrogens with one attached hydrogen (secondary N) is 1. The minimum atomic E-state index is -1.13. The van der Waals surface area contributed by atoms with Crippen molar-refractivity contribution < 1.29 is 28.8 Å². The van der Waals surface area contributed by atoms with Gasteiger partial charge in [-0.2, -0.15) is 0 Å². The van der Waals surface area contributed by atoms with Crippen molar-refractivity contribution in [3.8, 4) is 0 Å². The number of amides is 3. The highest BCUT2D eigenvalue weighted by Crippen LogP contribution is 2.14. The van der Waals surface area contributed by atoms with Crippen molar-refractivity contribution in [2.75, 3.05) is 6.61 Å². The van der Waals surface area contributed by atoms with Crippen molar-refractivity contribution in [1.82, 2.24) is 10.4 Å². The van der Waals surface area contributed by atoms with Crippen LogP contribution >= 0.6 is 0 Å². The molecule has 0 saturated carbocycles. The van der Waals surface area contributed by atoms with Crippen LogP contribution < -0.4 is 5.32 Å². The lowest BCUT2D eigenvalue weighted by molar-refractivity contribution is -0.198. The highest BCUT2D eigenvalue weighted by Gasteiger charge is 2.35. The van der Waals surface area contributed by atoms with Gasteiger partial charge in [0.05, 0.1) is 0 Å². The molecular weight excluding hydrogens is 340 g/mol. The van der Waals surface area contributed by atoms with E-state index in [-0.39, 0.29) is 25.9 Å². The first kappa shape index (κ1) is 19.2. The van der Waals surface area contributed by atoms with Crippen molar-refractivity contribution in [3.63, 3.8) is 0 Å². The van der Waals surface area contributed by atoms with E-state index in [1.807, 2.05) is 19.1 Å². The molecule has 1 saturated heterocycles. The summed E-state index contributed by atoms with van der Waals surface area (Å²) in [5.41, 5.74) is 1.81. The van der Waals surface area contributed by atoms with Crippen molar-refractivity contribution in [2.45, 2.75) is 32.2 Å². The van der Waals surface area contributed by atoms with Gasteiger partial charge in [-0.15, -0.1) is 5.06 Å². The summed E-state index contributed by atoms with van der Waals surface area (Å²) in [7, 11) is 0. The van der Waals surface area contributed by atoms with E-state index in [1.54, 1.807) is 12.1 Å². The average molecular weight is 360 g/mol. The van der Waals surface area contributed by atoms with Crippen molar-refractivity contribution in [2.24, 2.45) is 0 Å². The van der Waals surface area contributed by atoms with Gasteiger partial charge < -0.3 is 14.9 Å². The van der Waals surface area contributed by atoms with Crippen LogP contribution in [0.3, 0.4) is 0 Å². The zero-order chi connectivity index (χ0) is 19.1. The summed E-state index contributed by atoms with van der Waals surface area (Å²) in [6, 6.07) is 6.20. The summed E-state index contributed by atoms with van der Waals surface area (Å²) in [6.45, 7) is 5.32. The third kappa shape index (κ3) is 5.17.